The SMILES string of the molecule is CC(C)(C)C1=CC([Si](C)(C)C2C=CC=C2)c2ccccc21. The zero-order chi connectivity index (χ0) is 15.3. The Morgan fingerprint density at radius 1 is 0.952 bits per heavy atom. The normalized spacial score (nSPS) is 21.8. The smallest absolute Gasteiger partial charge is 0.0707 e. The van der Waals surface area contributed by atoms with Crippen molar-refractivity contribution in [1.29, 1.82) is 0 Å². The molecule has 1 heteroatoms. The number of fused-ring (bicyclic) bond motifs is 1. The van der Waals surface area contributed by atoms with Crippen LogP contribution in [0.4, 0.5) is 0 Å². The predicted molar refractivity (Wildman–Crippen MR) is 96.1 cm³/mol. The number of hydrogen-bond acceptors (Lipinski definition) is 0. The van der Waals surface area contributed by atoms with Crippen LogP contribution in [0, 0.1) is 5.41 Å². The van der Waals surface area contributed by atoms with Gasteiger partial charge < -0.3 is 0 Å². The maximum absolute atomic E-state index is 2.59. The molecular weight excluding hydrogens is 268 g/mol. The van der Waals surface area contributed by atoms with Crippen LogP contribution in [-0.4, -0.2) is 8.07 Å². The monoisotopic (exact) mass is 294 g/mol. The molecule has 1 unspecified atom stereocenters. The van der Waals surface area contributed by atoms with Crippen molar-refractivity contribution in [3.8, 4) is 0 Å². The Kier molecular flexibility index (Phi) is 3.36. The molecule has 3 rings (SSSR count). The molecule has 0 aliphatic heterocycles. The molecule has 1 aromatic carbocycles. The van der Waals surface area contributed by atoms with Crippen molar-refractivity contribution in [2.75, 3.05) is 0 Å². The van der Waals surface area contributed by atoms with Gasteiger partial charge in [0.1, 0.15) is 0 Å². The van der Waals surface area contributed by atoms with Crippen LogP contribution in [0.3, 0.4) is 0 Å². The van der Waals surface area contributed by atoms with Gasteiger partial charge in [0.25, 0.3) is 0 Å². The lowest BCUT2D eigenvalue weighted by atomic mass is 9.83. The van der Waals surface area contributed by atoms with Crippen molar-refractivity contribution in [3.63, 3.8) is 0 Å². The number of rotatable bonds is 2. The second kappa shape index (κ2) is 4.84. The molecule has 110 valence electrons. The van der Waals surface area contributed by atoms with E-state index in [2.05, 4.69) is 88.5 Å². The summed E-state index contributed by atoms with van der Waals surface area (Å²) < 4.78 is 0. The van der Waals surface area contributed by atoms with Gasteiger partial charge in [-0.1, -0.05) is 88.5 Å². The molecular formula is C20H26Si. The van der Waals surface area contributed by atoms with Gasteiger partial charge in [0, 0.05) is 0 Å². The highest BCUT2D eigenvalue weighted by atomic mass is 28.3. The zero-order valence-corrected chi connectivity index (χ0v) is 14.9. The van der Waals surface area contributed by atoms with Gasteiger partial charge in [-0.05, 0) is 33.2 Å². The number of hydrogen-bond donors (Lipinski definition) is 0. The molecule has 0 spiro atoms. The summed E-state index contributed by atoms with van der Waals surface area (Å²) >= 11 is 0. The average molecular weight is 295 g/mol. The summed E-state index contributed by atoms with van der Waals surface area (Å²) in [5.41, 5.74) is 6.09. The molecule has 1 atom stereocenters. The van der Waals surface area contributed by atoms with Crippen molar-refractivity contribution in [2.24, 2.45) is 5.41 Å². The molecule has 0 heterocycles. The van der Waals surface area contributed by atoms with E-state index in [0.717, 1.165) is 0 Å². The molecule has 2 aliphatic carbocycles. The molecule has 21 heavy (non-hydrogen) atoms. The number of allylic oxidation sites excluding steroid dienone is 6. The van der Waals surface area contributed by atoms with Gasteiger partial charge in [-0.25, -0.2) is 0 Å². The fourth-order valence-corrected chi connectivity index (χ4v) is 7.04. The van der Waals surface area contributed by atoms with Crippen LogP contribution in [0.1, 0.15) is 37.4 Å². The minimum atomic E-state index is -1.46. The largest absolute Gasteiger partial charge is 0.0803 e. The Balaban J connectivity index is 2.09. The van der Waals surface area contributed by atoms with Crippen LogP contribution in [0.2, 0.25) is 18.6 Å². The lowest BCUT2D eigenvalue weighted by molar-refractivity contribution is 0.567. The average Bonchev–Trinajstić information content (AvgIpc) is 3.06. The van der Waals surface area contributed by atoms with Gasteiger partial charge in [-0.15, -0.1) is 0 Å². The first kappa shape index (κ1) is 14.6. The van der Waals surface area contributed by atoms with Crippen LogP contribution in [0.25, 0.3) is 5.57 Å². The second-order valence-electron chi connectivity index (χ2n) is 8.01. The second-order valence-corrected chi connectivity index (χ2v) is 12.9. The van der Waals surface area contributed by atoms with Crippen LogP contribution < -0.4 is 0 Å². The molecule has 0 aromatic heterocycles. The lowest BCUT2D eigenvalue weighted by Crippen LogP contribution is -2.37. The fraction of sp³-hybridized carbons (Fsp3) is 0.400. The predicted octanol–water partition coefficient (Wildman–Crippen LogP) is 5.96. The van der Waals surface area contributed by atoms with E-state index < -0.39 is 8.07 Å². The first-order chi connectivity index (χ1) is 9.82. The third-order valence-corrected chi connectivity index (χ3v) is 9.32. The summed E-state index contributed by atoms with van der Waals surface area (Å²) in [6.07, 6.45) is 11.8. The maximum atomic E-state index is 2.59. The van der Waals surface area contributed by atoms with E-state index in [4.69, 9.17) is 0 Å². The molecule has 0 N–H and O–H groups in total. The Bertz CT molecular complexity index is 626. The van der Waals surface area contributed by atoms with Gasteiger partial charge in [0.2, 0.25) is 0 Å². The van der Waals surface area contributed by atoms with E-state index in [-0.39, 0.29) is 5.41 Å². The summed E-state index contributed by atoms with van der Waals surface area (Å²) in [5.74, 6) is 0. The van der Waals surface area contributed by atoms with Crippen LogP contribution >= 0.6 is 0 Å². The summed E-state index contributed by atoms with van der Waals surface area (Å²) in [6.45, 7) is 12.1. The van der Waals surface area contributed by atoms with Crippen LogP contribution in [0.5, 0.6) is 0 Å². The highest BCUT2D eigenvalue weighted by molar-refractivity contribution is 6.81. The Morgan fingerprint density at radius 3 is 2.19 bits per heavy atom. The van der Waals surface area contributed by atoms with Crippen molar-refractivity contribution >= 4 is 13.6 Å². The van der Waals surface area contributed by atoms with E-state index in [9.17, 15) is 0 Å². The zero-order valence-electron chi connectivity index (χ0n) is 13.9. The maximum Gasteiger partial charge on any atom is 0.0707 e. The van der Waals surface area contributed by atoms with E-state index in [1.165, 1.54) is 11.1 Å². The summed E-state index contributed by atoms with van der Waals surface area (Å²) in [7, 11) is -1.46. The molecule has 2 aliphatic rings. The van der Waals surface area contributed by atoms with E-state index in [1.807, 2.05) is 0 Å². The molecule has 0 saturated carbocycles. The van der Waals surface area contributed by atoms with E-state index >= 15 is 0 Å². The van der Waals surface area contributed by atoms with E-state index in [1.54, 1.807) is 5.56 Å². The van der Waals surface area contributed by atoms with Crippen LogP contribution in [0.15, 0.2) is 54.6 Å². The Labute approximate surface area is 130 Å². The topological polar surface area (TPSA) is 0 Å². The van der Waals surface area contributed by atoms with Gasteiger partial charge in [0.05, 0.1) is 8.07 Å². The molecule has 0 radical (unpaired) electrons. The molecule has 1 aromatic rings. The van der Waals surface area contributed by atoms with Crippen LogP contribution in [-0.2, 0) is 0 Å². The highest BCUT2D eigenvalue weighted by Crippen LogP contribution is 2.50. The van der Waals surface area contributed by atoms with Gasteiger partial charge in [-0.2, -0.15) is 0 Å². The van der Waals surface area contributed by atoms with Gasteiger partial charge >= 0.3 is 0 Å². The third-order valence-electron chi connectivity index (χ3n) is 5.14. The molecule has 0 saturated heterocycles. The van der Waals surface area contributed by atoms with Gasteiger partial charge in [0.15, 0.2) is 0 Å². The minimum absolute atomic E-state index is 0.219. The van der Waals surface area contributed by atoms with E-state index in [0.29, 0.717) is 11.1 Å². The first-order valence-electron chi connectivity index (χ1n) is 7.98. The van der Waals surface area contributed by atoms with Crippen molar-refractivity contribution in [2.45, 2.75) is 44.9 Å². The summed E-state index contributed by atoms with van der Waals surface area (Å²) in [5, 5.41) is 0. The summed E-state index contributed by atoms with van der Waals surface area (Å²) in [6, 6.07) is 9.06. The summed E-state index contributed by atoms with van der Waals surface area (Å²) in [4.78, 5) is 0. The lowest BCUT2D eigenvalue weighted by Gasteiger charge is -2.33. The van der Waals surface area contributed by atoms with Gasteiger partial charge in [-0.3, -0.25) is 0 Å². The van der Waals surface area contributed by atoms with Crippen molar-refractivity contribution in [1.82, 2.24) is 0 Å². The Morgan fingerprint density at radius 2 is 1.57 bits per heavy atom. The quantitative estimate of drug-likeness (QED) is 0.591. The molecule has 0 fully saturated rings. The molecule has 0 amide bonds. The van der Waals surface area contributed by atoms with Crippen molar-refractivity contribution in [3.05, 3.63) is 65.8 Å². The Hall–Kier alpha value is -1.34. The first-order valence-corrected chi connectivity index (χ1v) is 11.1. The molecule has 0 nitrogen and oxygen atoms in total. The highest BCUT2D eigenvalue weighted by Gasteiger charge is 2.42. The third kappa shape index (κ3) is 2.38. The molecule has 0 bridgehead atoms. The van der Waals surface area contributed by atoms with Crippen molar-refractivity contribution < 1.29 is 0 Å². The fourth-order valence-electron chi connectivity index (χ4n) is 3.76. The minimum Gasteiger partial charge on any atom is -0.0803 e. The standard InChI is InChI=1S/C20H26Si/c1-20(2,3)18-14-19(17-13-9-8-12-16(17)18)21(4,5)15-10-6-7-11-15/h6-15,19H,1-5H3. The number of benzene rings is 1.